The van der Waals surface area contributed by atoms with Gasteiger partial charge in [0.25, 0.3) is 5.91 Å². The number of fused-ring (bicyclic) bond motifs is 1. The summed E-state index contributed by atoms with van der Waals surface area (Å²) in [7, 11) is 0. The molecule has 1 amide bonds. The summed E-state index contributed by atoms with van der Waals surface area (Å²) in [5.41, 5.74) is 1.42. The first kappa shape index (κ1) is 12.9. The lowest BCUT2D eigenvalue weighted by Crippen LogP contribution is -2.12. The van der Waals surface area contributed by atoms with E-state index in [0.29, 0.717) is 5.56 Å². The van der Waals surface area contributed by atoms with Crippen molar-refractivity contribution in [1.82, 2.24) is 0 Å². The fourth-order valence-corrected chi connectivity index (χ4v) is 2.71. The molecule has 0 radical (unpaired) electrons. The van der Waals surface area contributed by atoms with Gasteiger partial charge in [0.1, 0.15) is 0 Å². The second kappa shape index (κ2) is 5.47. The SMILES string of the molecule is O=C(Nc1ccc2ccccc2c1Br)c1ccccc1. The summed E-state index contributed by atoms with van der Waals surface area (Å²) in [6.45, 7) is 0. The van der Waals surface area contributed by atoms with Crippen LogP contribution >= 0.6 is 15.9 Å². The molecule has 0 bridgehead atoms. The quantitative estimate of drug-likeness (QED) is 0.716. The van der Waals surface area contributed by atoms with Crippen LogP contribution in [0, 0.1) is 0 Å². The van der Waals surface area contributed by atoms with E-state index in [0.717, 1.165) is 20.9 Å². The molecule has 98 valence electrons. The maximum Gasteiger partial charge on any atom is 0.255 e. The summed E-state index contributed by atoms with van der Waals surface area (Å²) in [6, 6.07) is 21.1. The van der Waals surface area contributed by atoms with Gasteiger partial charge in [-0.25, -0.2) is 0 Å². The standard InChI is InChI=1S/C17H12BrNO/c18-16-14-9-5-4-6-12(14)10-11-15(16)19-17(20)13-7-2-1-3-8-13/h1-11H,(H,19,20). The molecule has 3 aromatic rings. The minimum absolute atomic E-state index is 0.110. The average Bonchev–Trinajstić information content (AvgIpc) is 2.51. The van der Waals surface area contributed by atoms with Crippen molar-refractivity contribution in [2.45, 2.75) is 0 Å². The van der Waals surface area contributed by atoms with Crippen molar-refractivity contribution in [3.63, 3.8) is 0 Å². The molecule has 20 heavy (non-hydrogen) atoms. The highest BCUT2D eigenvalue weighted by atomic mass is 79.9. The van der Waals surface area contributed by atoms with Crippen LogP contribution in [-0.2, 0) is 0 Å². The molecule has 0 aromatic heterocycles. The number of benzene rings is 3. The Labute approximate surface area is 125 Å². The molecule has 1 N–H and O–H groups in total. The van der Waals surface area contributed by atoms with E-state index in [4.69, 9.17) is 0 Å². The third-order valence-electron chi connectivity index (χ3n) is 3.15. The van der Waals surface area contributed by atoms with Crippen LogP contribution in [0.15, 0.2) is 71.2 Å². The van der Waals surface area contributed by atoms with Gasteiger partial charge in [-0.1, -0.05) is 48.5 Å². The van der Waals surface area contributed by atoms with Crippen molar-refractivity contribution in [2.75, 3.05) is 5.32 Å². The molecule has 0 saturated heterocycles. The normalized spacial score (nSPS) is 10.4. The van der Waals surface area contributed by atoms with Gasteiger partial charge in [0.2, 0.25) is 0 Å². The molecule has 0 heterocycles. The predicted octanol–water partition coefficient (Wildman–Crippen LogP) is 4.85. The lowest BCUT2D eigenvalue weighted by Gasteiger charge is -2.10. The summed E-state index contributed by atoms with van der Waals surface area (Å²) in [5.74, 6) is -0.110. The third kappa shape index (κ3) is 2.45. The van der Waals surface area contributed by atoms with Gasteiger partial charge in [-0.15, -0.1) is 0 Å². The van der Waals surface area contributed by atoms with E-state index in [-0.39, 0.29) is 5.91 Å². The smallest absolute Gasteiger partial charge is 0.255 e. The van der Waals surface area contributed by atoms with Crippen molar-refractivity contribution in [3.05, 3.63) is 76.8 Å². The fourth-order valence-electron chi connectivity index (χ4n) is 2.11. The Morgan fingerprint density at radius 1 is 0.850 bits per heavy atom. The van der Waals surface area contributed by atoms with Gasteiger partial charge in [-0.3, -0.25) is 4.79 Å². The molecule has 0 aliphatic rings. The first-order valence-corrected chi connectivity index (χ1v) is 7.08. The maximum absolute atomic E-state index is 12.2. The van der Waals surface area contributed by atoms with Gasteiger partial charge in [0, 0.05) is 10.0 Å². The van der Waals surface area contributed by atoms with Crippen LogP contribution in [0.4, 0.5) is 5.69 Å². The van der Waals surface area contributed by atoms with Gasteiger partial charge in [-0.2, -0.15) is 0 Å². The molecular formula is C17H12BrNO. The Hall–Kier alpha value is -2.13. The van der Waals surface area contributed by atoms with Crippen LogP contribution in [0.5, 0.6) is 0 Å². The van der Waals surface area contributed by atoms with E-state index in [2.05, 4.69) is 21.2 Å². The molecule has 0 saturated carbocycles. The lowest BCUT2D eigenvalue weighted by molar-refractivity contribution is 0.102. The summed E-state index contributed by atoms with van der Waals surface area (Å²) in [4.78, 5) is 12.2. The van der Waals surface area contributed by atoms with E-state index >= 15 is 0 Å². The zero-order valence-corrected chi connectivity index (χ0v) is 12.2. The molecule has 2 nitrogen and oxygen atoms in total. The third-order valence-corrected chi connectivity index (χ3v) is 4.00. The van der Waals surface area contributed by atoms with Gasteiger partial charge < -0.3 is 5.32 Å². The van der Waals surface area contributed by atoms with E-state index in [1.54, 1.807) is 12.1 Å². The van der Waals surface area contributed by atoms with Crippen LogP contribution in [-0.4, -0.2) is 5.91 Å². The topological polar surface area (TPSA) is 29.1 Å². The van der Waals surface area contributed by atoms with Crippen molar-refractivity contribution < 1.29 is 4.79 Å². The van der Waals surface area contributed by atoms with Gasteiger partial charge in [0.05, 0.1) is 5.69 Å². The second-order valence-corrected chi connectivity index (χ2v) is 5.26. The zero-order valence-electron chi connectivity index (χ0n) is 10.6. The Bertz CT molecular complexity index is 768. The van der Waals surface area contributed by atoms with E-state index in [1.165, 1.54) is 0 Å². The second-order valence-electron chi connectivity index (χ2n) is 4.47. The number of rotatable bonds is 2. The molecular weight excluding hydrogens is 314 g/mol. The summed E-state index contributed by atoms with van der Waals surface area (Å²) >= 11 is 3.57. The highest BCUT2D eigenvalue weighted by molar-refractivity contribution is 9.10. The summed E-state index contributed by atoms with van der Waals surface area (Å²) in [6.07, 6.45) is 0. The monoisotopic (exact) mass is 325 g/mol. The van der Waals surface area contributed by atoms with Crippen LogP contribution in [0.3, 0.4) is 0 Å². The maximum atomic E-state index is 12.2. The molecule has 0 fully saturated rings. The highest BCUT2D eigenvalue weighted by Crippen LogP contribution is 2.31. The molecule has 0 atom stereocenters. The minimum Gasteiger partial charge on any atom is -0.321 e. The summed E-state index contributed by atoms with van der Waals surface area (Å²) < 4.78 is 0.903. The largest absolute Gasteiger partial charge is 0.321 e. The zero-order chi connectivity index (χ0) is 13.9. The van der Waals surface area contributed by atoms with Gasteiger partial charge >= 0.3 is 0 Å². The number of anilines is 1. The fraction of sp³-hybridized carbons (Fsp3) is 0. The van der Waals surface area contributed by atoms with Crippen LogP contribution in [0.25, 0.3) is 10.8 Å². The van der Waals surface area contributed by atoms with Crippen molar-refractivity contribution in [3.8, 4) is 0 Å². The minimum atomic E-state index is -0.110. The van der Waals surface area contributed by atoms with E-state index < -0.39 is 0 Å². The Morgan fingerprint density at radius 3 is 2.35 bits per heavy atom. The first-order valence-electron chi connectivity index (χ1n) is 6.29. The number of hydrogen-bond donors (Lipinski definition) is 1. The van der Waals surface area contributed by atoms with Crippen LogP contribution < -0.4 is 5.32 Å². The molecule has 3 rings (SSSR count). The van der Waals surface area contributed by atoms with Crippen LogP contribution in [0.1, 0.15) is 10.4 Å². The Kier molecular flexibility index (Phi) is 3.52. The Balaban J connectivity index is 1.95. The molecule has 0 aliphatic heterocycles. The van der Waals surface area contributed by atoms with Gasteiger partial charge in [-0.05, 0) is 44.9 Å². The van der Waals surface area contributed by atoms with Crippen LogP contribution in [0.2, 0.25) is 0 Å². The number of amides is 1. The predicted molar refractivity (Wildman–Crippen MR) is 86.0 cm³/mol. The van der Waals surface area contributed by atoms with Crippen molar-refractivity contribution >= 4 is 38.3 Å². The number of carbonyl (C=O) groups excluding carboxylic acids is 1. The van der Waals surface area contributed by atoms with Gasteiger partial charge in [0.15, 0.2) is 0 Å². The average molecular weight is 326 g/mol. The number of hydrogen-bond acceptors (Lipinski definition) is 1. The number of halogens is 1. The molecule has 3 heteroatoms. The lowest BCUT2D eigenvalue weighted by atomic mass is 10.1. The Morgan fingerprint density at radius 2 is 1.55 bits per heavy atom. The van der Waals surface area contributed by atoms with E-state index in [1.807, 2.05) is 54.6 Å². The number of nitrogens with one attached hydrogen (secondary N) is 1. The van der Waals surface area contributed by atoms with Crippen molar-refractivity contribution in [2.24, 2.45) is 0 Å². The highest BCUT2D eigenvalue weighted by Gasteiger charge is 2.09. The molecule has 0 spiro atoms. The first-order chi connectivity index (χ1) is 9.75. The molecule has 0 unspecified atom stereocenters. The van der Waals surface area contributed by atoms with Crippen molar-refractivity contribution in [1.29, 1.82) is 0 Å². The molecule has 0 aliphatic carbocycles. The number of carbonyl (C=O) groups is 1. The summed E-state index contributed by atoms with van der Waals surface area (Å²) in [5, 5.41) is 5.15. The molecule has 3 aromatic carbocycles. The van der Waals surface area contributed by atoms with E-state index in [9.17, 15) is 4.79 Å².